The summed E-state index contributed by atoms with van der Waals surface area (Å²) in [6.45, 7) is 1.05. The molecule has 0 heterocycles. The highest BCUT2D eigenvalue weighted by Crippen LogP contribution is 2.30. The Hall–Kier alpha value is -1.84. The summed E-state index contributed by atoms with van der Waals surface area (Å²) < 4.78 is 11.0. The minimum Gasteiger partial charge on any atom is -0.465 e. The molecule has 2 fully saturated rings. The number of ether oxygens (including phenoxy) is 2. The predicted molar refractivity (Wildman–Crippen MR) is 99.7 cm³/mol. The van der Waals surface area contributed by atoms with Crippen molar-refractivity contribution in [2.75, 3.05) is 13.2 Å². The molecule has 1 aromatic rings. The van der Waals surface area contributed by atoms with Crippen LogP contribution in [0.25, 0.3) is 0 Å². The first-order chi connectivity index (χ1) is 12.7. The van der Waals surface area contributed by atoms with Crippen LogP contribution in [0.4, 0.5) is 0 Å². The van der Waals surface area contributed by atoms with Crippen LogP contribution in [-0.4, -0.2) is 25.2 Å². The first-order valence-corrected chi connectivity index (χ1v) is 10.1. The maximum absolute atomic E-state index is 12.1. The van der Waals surface area contributed by atoms with Gasteiger partial charge < -0.3 is 9.47 Å². The van der Waals surface area contributed by atoms with Gasteiger partial charge in [-0.3, -0.25) is 4.79 Å². The van der Waals surface area contributed by atoms with Crippen molar-refractivity contribution in [3.05, 3.63) is 35.9 Å². The van der Waals surface area contributed by atoms with E-state index in [4.69, 9.17) is 9.47 Å². The quantitative estimate of drug-likeness (QED) is 0.687. The molecule has 0 aromatic heterocycles. The van der Waals surface area contributed by atoms with E-state index in [1.54, 1.807) is 12.1 Å². The van der Waals surface area contributed by atoms with Crippen LogP contribution < -0.4 is 0 Å². The summed E-state index contributed by atoms with van der Waals surface area (Å²) in [5.41, 5.74) is 0.607. The third-order valence-electron chi connectivity index (χ3n) is 5.83. The number of hydrogen-bond donors (Lipinski definition) is 0. The van der Waals surface area contributed by atoms with Gasteiger partial charge in [-0.15, -0.1) is 0 Å². The van der Waals surface area contributed by atoms with E-state index in [2.05, 4.69) is 0 Å². The van der Waals surface area contributed by atoms with Crippen molar-refractivity contribution < 1.29 is 19.1 Å². The molecule has 0 aliphatic heterocycles. The Balaban J connectivity index is 1.31. The maximum Gasteiger partial charge on any atom is 0.338 e. The lowest BCUT2D eigenvalue weighted by Crippen LogP contribution is -2.26. The van der Waals surface area contributed by atoms with Gasteiger partial charge in [-0.05, 0) is 62.5 Å². The highest BCUT2D eigenvalue weighted by atomic mass is 16.5. The Kier molecular flexibility index (Phi) is 7.10. The van der Waals surface area contributed by atoms with Gasteiger partial charge in [0.2, 0.25) is 0 Å². The summed E-state index contributed by atoms with van der Waals surface area (Å²) >= 11 is 0. The molecular weight excluding hydrogens is 328 g/mol. The van der Waals surface area contributed by atoms with Gasteiger partial charge in [0, 0.05) is 0 Å². The molecule has 0 saturated heterocycles. The third kappa shape index (κ3) is 5.58. The molecule has 0 bridgehead atoms. The van der Waals surface area contributed by atoms with Crippen LogP contribution in [0.3, 0.4) is 0 Å². The van der Waals surface area contributed by atoms with Crippen molar-refractivity contribution in [3.63, 3.8) is 0 Å². The Morgan fingerprint density at radius 2 is 1.35 bits per heavy atom. The molecule has 1 aromatic carbocycles. The van der Waals surface area contributed by atoms with E-state index in [0.717, 1.165) is 51.4 Å². The van der Waals surface area contributed by atoms with Gasteiger partial charge in [0.05, 0.1) is 24.7 Å². The van der Waals surface area contributed by atoms with Gasteiger partial charge in [-0.2, -0.15) is 0 Å². The van der Waals surface area contributed by atoms with E-state index in [1.165, 1.54) is 6.42 Å². The van der Waals surface area contributed by atoms with Crippen LogP contribution >= 0.6 is 0 Å². The van der Waals surface area contributed by atoms with Crippen LogP contribution in [0, 0.1) is 17.8 Å². The number of carbonyl (C=O) groups is 2. The summed E-state index contributed by atoms with van der Waals surface area (Å²) in [5, 5.41) is 0. The van der Waals surface area contributed by atoms with Crippen molar-refractivity contribution in [2.45, 2.75) is 57.8 Å². The Bertz CT molecular complexity index is 569. The second-order valence-electron chi connectivity index (χ2n) is 7.82. The lowest BCUT2D eigenvalue weighted by atomic mass is 9.83. The van der Waals surface area contributed by atoms with Crippen LogP contribution in [0.1, 0.15) is 68.1 Å². The molecule has 3 rings (SSSR count). The number of esters is 2. The van der Waals surface area contributed by atoms with E-state index in [0.29, 0.717) is 30.6 Å². The minimum atomic E-state index is -0.242. The number of carbonyl (C=O) groups excluding carboxylic acids is 2. The SMILES string of the molecule is O=C(OCC1CCC(COC(=O)C2CCCCC2)CC1)c1ccccc1. The molecule has 4 heteroatoms. The monoisotopic (exact) mass is 358 g/mol. The number of rotatable bonds is 6. The second-order valence-corrected chi connectivity index (χ2v) is 7.82. The van der Waals surface area contributed by atoms with E-state index < -0.39 is 0 Å². The third-order valence-corrected chi connectivity index (χ3v) is 5.83. The molecule has 0 amide bonds. The van der Waals surface area contributed by atoms with Crippen molar-refractivity contribution >= 4 is 11.9 Å². The Labute approximate surface area is 156 Å². The normalized spacial score (nSPS) is 24.0. The lowest BCUT2D eigenvalue weighted by Gasteiger charge is -2.28. The average Bonchev–Trinajstić information content (AvgIpc) is 2.72. The zero-order valence-electron chi connectivity index (χ0n) is 15.5. The first kappa shape index (κ1) is 18.9. The molecule has 0 N–H and O–H groups in total. The summed E-state index contributed by atoms with van der Waals surface area (Å²) in [5.74, 6) is 0.798. The summed E-state index contributed by atoms with van der Waals surface area (Å²) in [7, 11) is 0. The molecule has 2 aliphatic carbocycles. The first-order valence-electron chi connectivity index (χ1n) is 10.1. The fourth-order valence-corrected chi connectivity index (χ4v) is 4.07. The van der Waals surface area contributed by atoms with Crippen LogP contribution in [0.15, 0.2) is 30.3 Å². The fourth-order valence-electron chi connectivity index (χ4n) is 4.07. The molecule has 26 heavy (non-hydrogen) atoms. The second kappa shape index (κ2) is 9.75. The summed E-state index contributed by atoms with van der Waals surface area (Å²) in [4.78, 5) is 24.1. The Morgan fingerprint density at radius 3 is 1.96 bits per heavy atom. The van der Waals surface area contributed by atoms with Crippen LogP contribution in [0.2, 0.25) is 0 Å². The number of benzene rings is 1. The molecule has 0 radical (unpaired) electrons. The van der Waals surface area contributed by atoms with Gasteiger partial charge in [0.1, 0.15) is 0 Å². The maximum atomic E-state index is 12.1. The molecule has 0 spiro atoms. The molecule has 142 valence electrons. The largest absolute Gasteiger partial charge is 0.465 e. The predicted octanol–water partition coefficient (Wildman–Crippen LogP) is 4.77. The molecule has 2 aliphatic rings. The van der Waals surface area contributed by atoms with Gasteiger partial charge >= 0.3 is 11.9 Å². The molecular formula is C22H30O4. The van der Waals surface area contributed by atoms with Crippen molar-refractivity contribution in [2.24, 2.45) is 17.8 Å². The van der Waals surface area contributed by atoms with E-state index in [-0.39, 0.29) is 17.9 Å². The zero-order chi connectivity index (χ0) is 18.2. The topological polar surface area (TPSA) is 52.6 Å². The summed E-state index contributed by atoms with van der Waals surface area (Å²) in [6, 6.07) is 9.13. The highest BCUT2D eigenvalue weighted by Gasteiger charge is 2.26. The smallest absolute Gasteiger partial charge is 0.338 e. The molecule has 0 atom stereocenters. The van der Waals surface area contributed by atoms with Crippen molar-refractivity contribution in [3.8, 4) is 0 Å². The average molecular weight is 358 g/mol. The Morgan fingerprint density at radius 1 is 0.769 bits per heavy atom. The van der Waals surface area contributed by atoms with Gasteiger partial charge in [-0.25, -0.2) is 4.79 Å². The molecule has 4 nitrogen and oxygen atoms in total. The standard InChI is InChI=1S/C22H30O4/c23-21(19-7-3-1-4-8-19)25-15-17-11-13-18(14-12-17)16-26-22(24)20-9-5-2-6-10-20/h1,3-4,7-8,17-18,20H,2,5-6,9-16H2. The van der Waals surface area contributed by atoms with Gasteiger partial charge in [-0.1, -0.05) is 37.5 Å². The zero-order valence-corrected chi connectivity index (χ0v) is 15.5. The summed E-state index contributed by atoms with van der Waals surface area (Å²) in [6.07, 6.45) is 9.73. The molecule has 2 saturated carbocycles. The van der Waals surface area contributed by atoms with Crippen molar-refractivity contribution in [1.82, 2.24) is 0 Å². The van der Waals surface area contributed by atoms with E-state index >= 15 is 0 Å². The van der Waals surface area contributed by atoms with Crippen molar-refractivity contribution in [1.29, 1.82) is 0 Å². The van der Waals surface area contributed by atoms with Gasteiger partial charge in [0.25, 0.3) is 0 Å². The minimum absolute atomic E-state index is 0.0172. The van der Waals surface area contributed by atoms with Gasteiger partial charge in [0.15, 0.2) is 0 Å². The lowest BCUT2D eigenvalue weighted by molar-refractivity contribution is -0.151. The van der Waals surface area contributed by atoms with Crippen LogP contribution in [0.5, 0.6) is 0 Å². The molecule has 0 unspecified atom stereocenters. The number of hydrogen-bond acceptors (Lipinski definition) is 4. The van der Waals surface area contributed by atoms with E-state index in [1.807, 2.05) is 18.2 Å². The van der Waals surface area contributed by atoms with Crippen LogP contribution in [-0.2, 0) is 14.3 Å². The fraction of sp³-hybridized carbons (Fsp3) is 0.636. The van der Waals surface area contributed by atoms with E-state index in [9.17, 15) is 9.59 Å². The highest BCUT2D eigenvalue weighted by molar-refractivity contribution is 5.89.